The van der Waals surface area contributed by atoms with Gasteiger partial charge in [-0.25, -0.2) is 0 Å². The summed E-state index contributed by atoms with van der Waals surface area (Å²) in [4.78, 5) is 0. The molecule has 3 nitrogen and oxygen atoms in total. The van der Waals surface area contributed by atoms with Gasteiger partial charge in [0, 0.05) is 13.2 Å². The molecule has 1 aliphatic carbocycles. The van der Waals surface area contributed by atoms with Crippen molar-refractivity contribution in [2.75, 3.05) is 26.3 Å². The minimum absolute atomic E-state index is 0.147. The summed E-state index contributed by atoms with van der Waals surface area (Å²) in [5.41, 5.74) is 0.147. The van der Waals surface area contributed by atoms with Crippen LogP contribution in [0.25, 0.3) is 0 Å². The molecule has 1 fully saturated rings. The van der Waals surface area contributed by atoms with Gasteiger partial charge in [0.1, 0.15) is 0 Å². The third-order valence-electron chi connectivity index (χ3n) is 6.63. The normalized spacial score (nSPS) is 16.5. The van der Waals surface area contributed by atoms with E-state index in [9.17, 15) is 10.2 Å². The van der Waals surface area contributed by atoms with Gasteiger partial charge in [0.05, 0.1) is 0 Å². The van der Waals surface area contributed by atoms with Crippen LogP contribution in [-0.4, -0.2) is 36.5 Å². The Morgan fingerprint density at radius 2 is 1.42 bits per heavy atom. The van der Waals surface area contributed by atoms with Gasteiger partial charge in [-0.1, -0.05) is 65.2 Å². The Balaban J connectivity index is 2.22. The fraction of sp³-hybridized carbons (Fsp3) is 1.00. The Hall–Kier alpha value is -0.120. The number of aliphatic hydroxyl groups excluding tert-OH is 2. The molecule has 0 aromatic carbocycles. The molecule has 0 radical (unpaired) electrons. The number of rotatable bonds is 16. The van der Waals surface area contributed by atoms with Crippen LogP contribution in [0.5, 0.6) is 0 Å². The Morgan fingerprint density at radius 3 is 2.04 bits per heavy atom. The summed E-state index contributed by atoms with van der Waals surface area (Å²) in [6.45, 7) is 7.28. The maximum absolute atomic E-state index is 9.63. The van der Waals surface area contributed by atoms with Crippen molar-refractivity contribution < 1.29 is 10.2 Å². The monoisotopic (exact) mass is 369 g/mol. The maximum atomic E-state index is 9.63. The van der Waals surface area contributed by atoms with Crippen molar-refractivity contribution in [3.63, 3.8) is 0 Å². The Bertz CT molecular complexity index is 307. The highest BCUT2D eigenvalue weighted by atomic mass is 16.3. The van der Waals surface area contributed by atoms with Gasteiger partial charge in [0.15, 0.2) is 0 Å². The van der Waals surface area contributed by atoms with Gasteiger partial charge in [-0.15, -0.1) is 0 Å². The largest absolute Gasteiger partial charge is 0.396 e. The third-order valence-corrected chi connectivity index (χ3v) is 6.63. The summed E-state index contributed by atoms with van der Waals surface area (Å²) in [5, 5.41) is 22.9. The van der Waals surface area contributed by atoms with E-state index in [1.807, 2.05) is 0 Å². The van der Waals surface area contributed by atoms with E-state index < -0.39 is 0 Å². The van der Waals surface area contributed by atoms with Crippen LogP contribution in [0.4, 0.5) is 0 Å². The number of hydrogen-bond donors (Lipinski definition) is 3. The van der Waals surface area contributed by atoms with Crippen molar-refractivity contribution >= 4 is 0 Å². The molecular weight excluding hydrogens is 322 g/mol. The van der Waals surface area contributed by atoms with Crippen LogP contribution in [0.15, 0.2) is 0 Å². The second-order valence-corrected chi connectivity index (χ2v) is 9.09. The van der Waals surface area contributed by atoms with Crippen LogP contribution >= 0.6 is 0 Å². The van der Waals surface area contributed by atoms with Crippen molar-refractivity contribution in [1.29, 1.82) is 0 Å². The lowest BCUT2D eigenvalue weighted by molar-refractivity contribution is 0.0412. The number of nitrogens with one attached hydrogen (secondary N) is 1. The Kier molecular flexibility index (Phi) is 13.7. The summed E-state index contributed by atoms with van der Waals surface area (Å²) in [6, 6.07) is 0. The maximum Gasteiger partial charge on any atom is 0.0436 e. The highest BCUT2D eigenvalue weighted by Crippen LogP contribution is 2.45. The zero-order valence-electron chi connectivity index (χ0n) is 17.8. The topological polar surface area (TPSA) is 52.5 Å². The number of aliphatic hydroxyl groups is 2. The second-order valence-electron chi connectivity index (χ2n) is 9.09. The Morgan fingerprint density at radius 1 is 0.808 bits per heavy atom. The van der Waals surface area contributed by atoms with Crippen molar-refractivity contribution in [2.45, 2.75) is 104 Å². The second kappa shape index (κ2) is 14.9. The van der Waals surface area contributed by atoms with Gasteiger partial charge in [0.25, 0.3) is 0 Å². The third kappa shape index (κ3) is 9.71. The first-order valence-corrected chi connectivity index (χ1v) is 11.6. The van der Waals surface area contributed by atoms with Crippen LogP contribution in [-0.2, 0) is 0 Å². The van der Waals surface area contributed by atoms with E-state index in [1.165, 1.54) is 70.6 Å². The summed E-state index contributed by atoms with van der Waals surface area (Å²) in [5.74, 6) is 1.54. The highest BCUT2D eigenvalue weighted by Gasteiger charge is 2.37. The smallest absolute Gasteiger partial charge is 0.0436 e. The summed E-state index contributed by atoms with van der Waals surface area (Å²) < 4.78 is 0. The molecule has 0 unspecified atom stereocenters. The molecule has 1 aliphatic rings. The molecule has 156 valence electrons. The molecule has 0 saturated heterocycles. The molecule has 0 aromatic heterocycles. The summed E-state index contributed by atoms with van der Waals surface area (Å²) >= 11 is 0. The van der Waals surface area contributed by atoms with Crippen LogP contribution in [0.1, 0.15) is 104 Å². The van der Waals surface area contributed by atoms with Gasteiger partial charge in [-0.3, -0.25) is 0 Å². The highest BCUT2D eigenvalue weighted by molar-refractivity contribution is 4.88. The SMILES string of the molecule is CC(C)CCCCCCCNCCC(CCO)(CCO)C1CCCCC1. The van der Waals surface area contributed by atoms with Gasteiger partial charge >= 0.3 is 0 Å². The molecule has 1 saturated carbocycles. The fourth-order valence-electron chi connectivity index (χ4n) is 4.94. The molecule has 26 heavy (non-hydrogen) atoms. The fourth-order valence-corrected chi connectivity index (χ4v) is 4.94. The standard InChI is InChI=1S/C23H47NO2/c1-21(2)11-7-4-3-5-10-17-24-18-14-23(15-19-25,16-20-26)22-12-8-6-9-13-22/h21-22,24-26H,3-20H2,1-2H3. The summed E-state index contributed by atoms with van der Waals surface area (Å²) in [7, 11) is 0. The van der Waals surface area contributed by atoms with Crippen molar-refractivity contribution in [2.24, 2.45) is 17.3 Å². The molecule has 0 aliphatic heterocycles. The summed E-state index contributed by atoms with van der Waals surface area (Å²) in [6.07, 6.45) is 17.5. The van der Waals surface area contributed by atoms with E-state index in [0.29, 0.717) is 5.92 Å². The molecule has 1 rings (SSSR count). The van der Waals surface area contributed by atoms with Crippen molar-refractivity contribution in [3.8, 4) is 0 Å². The van der Waals surface area contributed by atoms with Crippen LogP contribution in [0.2, 0.25) is 0 Å². The average molecular weight is 370 g/mol. The number of unbranched alkanes of at least 4 members (excludes halogenated alkanes) is 4. The first kappa shape index (κ1) is 23.9. The van der Waals surface area contributed by atoms with E-state index in [-0.39, 0.29) is 18.6 Å². The predicted octanol–water partition coefficient (Wildman–Crippen LogP) is 5.29. The van der Waals surface area contributed by atoms with E-state index in [4.69, 9.17) is 0 Å². The molecule has 0 amide bonds. The first-order valence-electron chi connectivity index (χ1n) is 11.6. The molecule has 0 atom stereocenters. The number of hydrogen-bond acceptors (Lipinski definition) is 3. The van der Waals surface area contributed by atoms with E-state index in [0.717, 1.165) is 38.3 Å². The average Bonchev–Trinajstić information content (AvgIpc) is 2.64. The molecule has 0 spiro atoms. The molecule has 0 aromatic rings. The minimum atomic E-state index is 0.147. The van der Waals surface area contributed by atoms with Crippen LogP contribution in [0, 0.1) is 17.3 Å². The first-order chi connectivity index (χ1) is 12.6. The van der Waals surface area contributed by atoms with Crippen LogP contribution in [0.3, 0.4) is 0 Å². The molecule has 0 bridgehead atoms. The van der Waals surface area contributed by atoms with Crippen LogP contribution < -0.4 is 5.32 Å². The molecule has 0 heterocycles. The zero-order chi connectivity index (χ0) is 19.1. The van der Waals surface area contributed by atoms with Gasteiger partial charge in [0.2, 0.25) is 0 Å². The van der Waals surface area contributed by atoms with E-state index in [1.54, 1.807) is 0 Å². The van der Waals surface area contributed by atoms with E-state index >= 15 is 0 Å². The van der Waals surface area contributed by atoms with Gasteiger partial charge in [-0.05, 0) is 68.9 Å². The van der Waals surface area contributed by atoms with Crippen molar-refractivity contribution in [3.05, 3.63) is 0 Å². The predicted molar refractivity (Wildman–Crippen MR) is 112 cm³/mol. The molecule has 3 N–H and O–H groups in total. The molecular formula is C23H47NO2. The zero-order valence-corrected chi connectivity index (χ0v) is 17.8. The quantitative estimate of drug-likeness (QED) is 0.324. The lowest BCUT2D eigenvalue weighted by atomic mass is 9.63. The van der Waals surface area contributed by atoms with Gasteiger partial charge in [-0.2, -0.15) is 0 Å². The Labute approximate surface area is 163 Å². The molecule has 3 heteroatoms. The lowest BCUT2D eigenvalue weighted by Crippen LogP contribution is -2.37. The van der Waals surface area contributed by atoms with E-state index in [2.05, 4.69) is 19.2 Å². The van der Waals surface area contributed by atoms with Gasteiger partial charge < -0.3 is 15.5 Å². The van der Waals surface area contributed by atoms with Crippen molar-refractivity contribution in [1.82, 2.24) is 5.32 Å². The lowest BCUT2D eigenvalue weighted by Gasteiger charge is -2.43. The minimum Gasteiger partial charge on any atom is -0.396 e.